The van der Waals surface area contributed by atoms with Gasteiger partial charge in [-0.15, -0.1) is 0 Å². The Labute approximate surface area is 146 Å². The molecule has 0 saturated heterocycles. The SMILES string of the molecule is O.O.O.O=C(O)CN(CCN(CC(=O)O)CC(=O)O)CC(=O)O.[Fe]. The maximum absolute atomic E-state index is 10.6. The van der Waals surface area contributed by atoms with Crippen molar-refractivity contribution in [1.29, 1.82) is 0 Å². The van der Waals surface area contributed by atoms with Gasteiger partial charge >= 0.3 is 23.9 Å². The first-order valence-electron chi connectivity index (χ1n) is 5.52. The molecule has 0 heterocycles. The predicted octanol–water partition coefficient (Wildman–Crippen LogP) is -4.55. The van der Waals surface area contributed by atoms with Crippen LogP contribution in [0.25, 0.3) is 0 Å². The number of carboxylic acids is 4. The summed E-state index contributed by atoms with van der Waals surface area (Å²) in [5.74, 6) is -4.91. The van der Waals surface area contributed by atoms with E-state index in [1.54, 1.807) is 0 Å². The van der Waals surface area contributed by atoms with Crippen molar-refractivity contribution in [3.05, 3.63) is 0 Å². The van der Waals surface area contributed by atoms with Gasteiger partial charge in [-0.05, 0) is 0 Å². The molecular weight excluding hydrogens is 380 g/mol. The second-order valence-electron chi connectivity index (χ2n) is 4.00. The quantitative estimate of drug-likeness (QED) is 0.241. The van der Waals surface area contributed by atoms with Crippen LogP contribution in [0.4, 0.5) is 0 Å². The van der Waals surface area contributed by atoms with Crippen LogP contribution in [0.1, 0.15) is 0 Å². The van der Waals surface area contributed by atoms with E-state index in [4.69, 9.17) is 20.4 Å². The van der Waals surface area contributed by atoms with Crippen molar-refractivity contribution in [2.24, 2.45) is 0 Å². The van der Waals surface area contributed by atoms with Crippen LogP contribution in [-0.4, -0.2) is 110 Å². The first-order chi connectivity index (χ1) is 9.20. The van der Waals surface area contributed by atoms with Gasteiger partial charge in [-0.1, -0.05) is 0 Å². The molecule has 0 aliphatic carbocycles. The Balaban J connectivity index is -0.000000301. The second kappa shape index (κ2) is 17.6. The van der Waals surface area contributed by atoms with Gasteiger partial charge in [0.25, 0.3) is 0 Å². The molecule has 24 heavy (non-hydrogen) atoms. The zero-order valence-electron chi connectivity index (χ0n) is 12.4. The molecule has 0 rings (SSSR count). The van der Waals surface area contributed by atoms with E-state index in [0.29, 0.717) is 0 Å². The van der Waals surface area contributed by atoms with Gasteiger partial charge < -0.3 is 36.9 Å². The van der Waals surface area contributed by atoms with E-state index in [2.05, 4.69) is 0 Å². The van der Waals surface area contributed by atoms with Crippen molar-refractivity contribution in [3.8, 4) is 0 Å². The van der Waals surface area contributed by atoms with Crippen LogP contribution >= 0.6 is 0 Å². The Bertz CT molecular complexity index is 325. The summed E-state index contributed by atoms with van der Waals surface area (Å²) in [6.07, 6.45) is 0. The van der Waals surface area contributed by atoms with Gasteiger partial charge in [0.05, 0.1) is 26.2 Å². The van der Waals surface area contributed by atoms with E-state index in [1.165, 1.54) is 0 Å². The molecule has 13 nitrogen and oxygen atoms in total. The summed E-state index contributed by atoms with van der Waals surface area (Å²) in [5.41, 5.74) is 0. The van der Waals surface area contributed by atoms with E-state index in [9.17, 15) is 19.2 Å². The monoisotopic (exact) mass is 402 g/mol. The molecule has 0 amide bonds. The van der Waals surface area contributed by atoms with Crippen LogP contribution in [0.15, 0.2) is 0 Å². The Hall–Kier alpha value is -1.80. The van der Waals surface area contributed by atoms with Crippen molar-refractivity contribution in [2.75, 3.05) is 39.3 Å². The van der Waals surface area contributed by atoms with Crippen molar-refractivity contribution in [1.82, 2.24) is 9.80 Å². The number of carbonyl (C=O) groups is 4. The summed E-state index contributed by atoms with van der Waals surface area (Å²) in [4.78, 5) is 44.4. The zero-order valence-corrected chi connectivity index (χ0v) is 13.5. The molecule has 10 N–H and O–H groups in total. The molecule has 14 heteroatoms. The summed E-state index contributed by atoms with van der Waals surface area (Å²) >= 11 is 0. The molecule has 0 unspecified atom stereocenters. The van der Waals surface area contributed by atoms with Gasteiger partial charge in [0.2, 0.25) is 0 Å². The van der Waals surface area contributed by atoms with Crippen LogP contribution < -0.4 is 0 Å². The molecule has 0 aliphatic heterocycles. The van der Waals surface area contributed by atoms with Crippen molar-refractivity contribution in [2.45, 2.75) is 0 Å². The summed E-state index contributed by atoms with van der Waals surface area (Å²) in [7, 11) is 0. The van der Waals surface area contributed by atoms with Crippen LogP contribution in [0.2, 0.25) is 0 Å². The molecular formula is C10H22FeN2O11. The average Bonchev–Trinajstić information content (AvgIpc) is 2.22. The summed E-state index contributed by atoms with van der Waals surface area (Å²) in [6, 6.07) is 0. The van der Waals surface area contributed by atoms with E-state index in [-0.39, 0.29) is 46.6 Å². The van der Waals surface area contributed by atoms with Gasteiger partial charge in [0, 0.05) is 30.2 Å². The number of carboxylic acid groups (broad SMARTS) is 4. The third-order valence-corrected chi connectivity index (χ3v) is 2.17. The van der Waals surface area contributed by atoms with Gasteiger partial charge in [-0.2, -0.15) is 0 Å². The molecule has 0 fully saturated rings. The van der Waals surface area contributed by atoms with Crippen LogP contribution in [-0.2, 0) is 36.2 Å². The Morgan fingerprint density at radius 2 is 0.708 bits per heavy atom. The Morgan fingerprint density at radius 1 is 0.542 bits per heavy atom. The van der Waals surface area contributed by atoms with Gasteiger partial charge in [0.15, 0.2) is 0 Å². The van der Waals surface area contributed by atoms with Gasteiger partial charge in [-0.25, -0.2) is 0 Å². The topological polar surface area (TPSA) is 250 Å². The van der Waals surface area contributed by atoms with Crippen LogP contribution in [0.5, 0.6) is 0 Å². The number of hydrogen-bond donors (Lipinski definition) is 4. The van der Waals surface area contributed by atoms with E-state index in [0.717, 1.165) is 9.80 Å². The molecule has 0 aliphatic rings. The molecule has 146 valence electrons. The molecule has 0 atom stereocenters. The van der Waals surface area contributed by atoms with Crippen molar-refractivity contribution >= 4 is 23.9 Å². The third-order valence-electron chi connectivity index (χ3n) is 2.17. The normalized spacial score (nSPS) is 8.92. The van der Waals surface area contributed by atoms with E-state index >= 15 is 0 Å². The van der Waals surface area contributed by atoms with Crippen molar-refractivity contribution in [3.63, 3.8) is 0 Å². The summed E-state index contributed by atoms with van der Waals surface area (Å²) in [5, 5.41) is 34.5. The number of rotatable bonds is 11. The number of aliphatic carboxylic acids is 4. The maximum Gasteiger partial charge on any atom is 0.317 e. The molecule has 0 aromatic rings. The second-order valence-corrected chi connectivity index (χ2v) is 4.00. The fourth-order valence-corrected chi connectivity index (χ4v) is 1.48. The van der Waals surface area contributed by atoms with E-state index < -0.39 is 50.1 Å². The molecule has 0 aromatic heterocycles. The molecule has 0 saturated carbocycles. The van der Waals surface area contributed by atoms with E-state index in [1.807, 2.05) is 0 Å². The molecule has 0 radical (unpaired) electrons. The maximum atomic E-state index is 10.6. The largest absolute Gasteiger partial charge is 0.480 e. The fraction of sp³-hybridized carbons (Fsp3) is 0.600. The zero-order chi connectivity index (χ0) is 15.7. The molecule has 0 spiro atoms. The Kier molecular flexibility index (Phi) is 24.7. The first-order valence-corrected chi connectivity index (χ1v) is 5.52. The fourth-order valence-electron chi connectivity index (χ4n) is 1.48. The average molecular weight is 402 g/mol. The minimum atomic E-state index is -1.23. The summed E-state index contributed by atoms with van der Waals surface area (Å²) < 4.78 is 0. The molecule has 0 bridgehead atoms. The van der Waals surface area contributed by atoms with Crippen LogP contribution in [0, 0.1) is 0 Å². The predicted molar refractivity (Wildman–Crippen MR) is 74.3 cm³/mol. The number of nitrogens with zero attached hydrogens (tertiary/aromatic N) is 2. The standard InChI is InChI=1S/C10H16N2O8.Fe.3H2O/c13-7(14)3-11(4-8(15)16)1-2-12(5-9(17)18)6-10(19)20;;;;/h1-6H2,(H,13,14)(H,15,16)(H,17,18)(H,19,20);;3*1H2. The van der Waals surface area contributed by atoms with Crippen molar-refractivity contribution < 1.29 is 73.1 Å². The van der Waals surface area contributed by atoms with Gasteiger partial charge in [-0.3, -0.25) is 29.0 Å². The first kappa shape index (κ1) is 33.7. The Morgan fingerprint density at radius 3 is 0.833 bits per heavy atom. The smallest absolute Gasteiger partial charge is 0.317 e. The molecule has 0 aromatic carbocycles. The third kappa shape index (κ3) is 20.2. The van der Waals surface area contributed by atoms with Gasteiger partial charge in [0.1, 0.15) is 0 Å². The van der Waals surface area contributed by atoms with Crippen LogP contribution in [0.3, 0.4) is 0 Å². The summed E-state index contributed by atoms with van der Waals surface area (Å²) in [6.45, 7) is -2.25. The number of hydrogen-bond acceptors (Lipinski definition) is 6. The minimum Gasteiger partial charge on any atom is -0.480 e. The minimum absolute atomic E-state index is 0.